The smallest absolute Gasteiger partial charge is 0.135 e. The first-order valence-corrected chi connectivity index (χ1v) is 10.1. The minimum atomic E-state index is -1.41. The van der Waals surface area contributed by atoms with Crippen LogP contribution in [0.2, 0.25) is 19.6 Å². The molecule has 0 bridgehead atoms. The van der Waals surface area contributed by atoms with Gasteiger partial charge in [0.15, 0.2) is 0 Å². The average molecular weight is 264 g/mol. The largest absolute Gasteiger partial charge is 0.468 e. The first-order valence-electron chi connectivity index (χ1n) is 6.58. The predicted octanol–water partition coefficient (Wildman–Crippen LogP) is 3.49. The van der Waals surface area contributed by atoms with E-state index in [1.54, 1.807) is 0 Å². The molecule has 0 unspecified atom stereocenters. The Balaban J connectivity index is 3.07. The molecule has 0 aliphatic heterocycles. The van der Waals surface area contributed by atoms with Crippen molar-refractivity contribution >= 4 is 13.5 Å². The van der Waals surface area contributed by atoms with Gasteiger partial charge in [-0.2, -0.15) is 0 Å². The van der Waals surface area contributed by atoms with Gasteiger partial charge >= 0.3 is 0 Å². The molecule has 0 aliphatic carbocycles. The van der Waals surface area contributed by atoms with Crippen molar-refractivity contribution in [1.29, 1.82) is 0 Å². The summed E-state index contributed by atoms with van der Waals surface area (Å²) in [6.45, 7) is 11.4. The molecule has 1 heterocycles. The van der Waals surface area contributed by atoms with Crippen LogP contribution in [0.25, 0.3) is 0 Å². The van der Waals surface area contributed by atoms with Crippen molar-refractivity contribution in [2.45, 2.75) is 51.9 Å². The Bertz CT molecular complexity index is 416. The van der Waals surface area contributed by atoms with Crippen LogP contribution in [-0.2, 0) is 10.3 Å². The van der Waals surface area contributed by atoms with E-state index in [1.165, 1.54) is 0 Å². The van der Waals surface area contributed by atoms with Crippen molar-refractivity contribution in [3.05, 3.63) is 17.9 Å². The standard InChI is InChI=1S/C15H24O2Si/c1-7-12-16-15(8-2,9-3)13-10-11-14(17-13)18(4,5)6/h1,10-11H,8-9,12H2,2-6H3. The van der Waals surface area contributed by atoms with E-state index in [9.17, 15) is 0 Å². The summed E-state index contributed by atoms with van der Waals surface area (Å²) in [6.07, 6.45) is 7.03. The van der Waals surface area contributed by atoms with Crippen LogP contribution >= 0.6 is 0 Å². The summed E-state index contributed by atoms with van der Waals surface area (Å²) in [7, 11) is -1.41. The minimum absolute atomic E-state index is 0.324. The molecular formula is C15H24O2Si. The Morgan fingerprint density at radius 2 is 1.89 bits per heavy atom. The molecule has 18 heavy (non-hydrogen) atoms. The highest BCUT2D eigenvalue weighted by Gasteiger charge is 2.34. The van der Waals surface area contributed by atoms with E-state index in [0.29, 0.717) is 6.61 Å². The van der Waals surface area contributed by atoms with Gasteiger partial charge in [0.1, 0.15) is 26.0 Å². The summed E-state index contributed by atoms with van der Waals surface area (Å²) >= 11 is 0. The van der Waals surface area contributed by atoms with Gasteiger partial charge in [0.2, 0.25) is 0 Å². The summed E-state index contributed by atoms with van der Waals surface area (Å²) < 4.78 is 11.9. The molecule has 3 heteroatoms. The lowest BCUT2D eigenvalue weighted by Gasteiger charge is -2.29. The zero-order chi connectivity index (χ0) is 13.8. The van der Waals surface area contributed by atoms with Crippen LogP contribution in [0.3, 0.4) is 0 Å². The molecule has 2 nitrogen and oxygen atoms in total. The van der Waals surface area contributed by atoms with Crippen LogP contribution < -0.4 is 5.38 Å². The average Bonchev–Trinajstić information content (AvgIpc) is 2.81. The second-order valence-electron chi connectivity index (χ2n) is 5.61. The third-order valence-corrected chi connectivity index (χ3v) is 5.12. The van der Waals surface area contributed by atoms with E-state index >= 15 is 0 Å². The van der Waals surface area contributed by atoms with Crippen molar-refractivity contribution < 1.29 is 9.15 Å². The highest BCUT2D eigenvalue weighted by Crippen LogP contribution is 2.33. The highest BCUT2D eigenvalue weighted by molar-refractivity contribution is 6.87. The second-order valence-corrected chi connectivity index (χ2v) is 10.6. The Kier molecular flexibility index (Phi) is 4.83. The number of ether oxygens (including phenoxy) is 1. The zero-order valence-corrected chi connectivity index (χ0v) is 13.2. The fourth-order valence-corrected chi connectivity index (χ4v) is 3.04. The van der Waals surface area contributed by atoms with Crippen molar-refractivity contribution in [2.75, 3.05) is 6.61 Å². The molecule has 0 aliphatic rings. The number of rotatable bonds is 6. The third-order valence-electron chi connectivity index (χ3n) is 3.37. The molecule has 0 fully saturated rings. The molecule has 0 aromatic carbocycles. The minimum Gasteiger partial charge on any atom is -0.468 e. The molecule has 0 spiro atoms. The van der Waals surface area contributed by atoms with Gasteiger partial charge < -0.3 is 9.15 Å². The molecule has 0 amide bonds. The molecule has 1 aromatic rings. The Morgan fingerprint density at radius 3 is 2.28 bits per heavy atom. The predicted molar refractivity (Wildman–Crippen MR) is 78.7 cm³/mol. The summed E-state index contributed by atoms with van der Waals surface area (Å²) in [5, 5.41) is 1.12. The SMILES string of the molecule is C#CCOC(CC)(CC)c1ccc([Si](C)(C)C)o1. The van der Waals surface area contributed by atoms with Gasteiger partial charge in [-0.1, -0.05) is 39.4 Å². The zero-order valence-electron chi connectivity index (χ0n) is 12.2. The van der Waals surface area contributed by atoms with Crippen LogP contribution in [0.5, 0.6) is 0 Å². The number of terminal acetylenes is 1. The normalized spacial score (nSPS) is 12.4. The first-order chi connectivity index (χ1) is 8.39. The lowest BCUT2D eigenvalue weighted by atomic mass is 9.94. The molecule has 0 saturated carbocycles. The van der Waals surface area contributed by atoms with Gasteiger partial charge in [0.05, 0.1) is 5.38 Å². The van der Waals surface area contributed by atoms with Crippen molar-refractivity contribution in [1.82, 2.24) is 0 Å². The van der Waals surface area contributed by atoms with E-state index in [-0.39, 0.29) is 5.60 Å². The highest BCUT2D eigenvalue weighted by atomic mass is 28.3. The number of hydrogen-bond donors (Lipinski definition) is 0. The van der Waals surface area contributed by atoms with Crippen LogP contribution in [0.1, 0.15) is 32.4 Å². The molecule has 0 radical (unpaired) electrons. The number of hydrogen-bond acceptors (Lipinski definition) is 2. The monoisotopic (exact) mass is 264 g/mol. The maximum atomic E-state index is 6.06. The van der Waals surface area contributed by atoms with Gasteiger partial charge in [0, 0.05) is 0 Å². The van der Waals surface area contributed by atoms with Crippen LogP contribution in [0.4, 0.5) is 0 Å². The van der Waals surface area contributed by atoms with E-state index in [4.69, 9.17) is 15.6 Å². The summed E-state index contributed by atoms with van der Waals surface area (Å²) in [4.78, 5) is 0. The van der Waals surface area contributed by atoms with Crippen LogP contribution in [-0.4, -0.2) is 14.7 Å². The first kappa shape index (κ1) is 15.1. The van der Waals surface area contributed by atoms with Crippen molar-refractivity contribution in [3.63, 3.8) is 0 Å². The van der Waals surface area contributed by atoms with E-state index in [0.717, 1.165) is 24.0 Å². The number of furan rings is 1. The van der Waals surface area contributed by atoms with Crippen molar-refractivity contribution in [3.8, 4) is 12.3 Å². The molecular weight excluding hydrogens is 240 g/mol. The molecule has 1 rings (SSSR count). The van der Waals surface area contributed by atoms with Crippen molar-refractivity contribution in [2.24, 2.45) is 0 Å². The summed E-state index contributed by atoms with van der Waals surface area (Å²) in [6, 6.07) is 4.15. The molecule has 0 N–H and O–H groups in total. The summed E-state index contributed by atoms with van der Waals surface area (Å²) in [5.74, 6) is 3.46. The Labute approximate surface area is 112 Å². The lowest BCUT2D eigenvalue weighted by molar-refractivity contribution is -0.0548. The van der Waals surface area contributed by atoms with Gasteiger partial charge in [-0.25, -0.2) is 0 Å². The molecule has 1 aromatic heterocycles. The van der Waals surface area contributed by atoms with Crippen LogP contribution in [0.15, 0.2) is 16.5 Å². The molecule has 0 saturated heterocycles. The van der Waals surface area contributed by atoms with Gasteiger partial charge in [-0.3, -0.25) is 0 Å². The topological polar surface area (TPSA) is 22.4 Å². The van der Waals surface area contributed by atoms with E-state index in [2.05, 4.69) is 51.5 Å². The lowest BCUT2D eigenvalue weighted by Crippen LogP contribution is -2.37. The second kappa shape index (κ2) is 5.77. The Hall–Kier alpha value is -0.983. The Morgan fingerprint density at radius 1 is 1.28 bits per heavy atom. The van der Waals surface area contributed by atoms with Gasteiger partial charge in [0.25, 0.3) is 0 Å². The molecule has 100 valence electrons. The third kappa shape index (κ3) is 3.07. The van der Waals surface area contributed by atoms with E-state index < -0.39 is 8.07 Å². The molecule has 0 atom stereocenters. The fourth-order valence-electron chi connectivity index (χ4n) is 2.04. The van der Waals surface area contributed by atoms with E-state index in [1.807, 2.05) is 0 Å². The van der Waals surface area contributed by atoms with Gasteiger partial charge in [-0.05, 0) is 25.0 Å². The maximum absolute atomic E-state index is 6.06. The quantitative estimate of drug-likeness (QED) is 0.580. The van der Waals surface area contributed by atoms with Gasteiger partial charge in [-0.15, -0.1) is 6.42 Å². The fraction of sp³-hybridized carbons (Fsp3) is 0.600. The van der Waals surface area contributed by atoms with Crippen LogP contribution in [0, 0.1) is 12.3 Å². The maximum Gasteiger partial charge on any atom is 0.135 e. The summed E-state index contributed by atoms with van der Waals surface area (Å²) in [5.41, 5.74) is -0.371.